The average Bonchev–Trinajstić information content (AvgIpc) is 3.35. The molecule has 2 aliphatic heterocycles. The fourth-order valence-electron chi connectivity index (χ4n) is 4.37. The van der Waals surface area contributed by atoms with Crippen molar-refractivity contribution in [2.75, 3.05) is 0 Å². The fraction of sp³-hybridized carbons (Fsp3) is 0.429. The molecule has 1 unspecified atom stereocenters. The molecule has 2 aliphatic rings. The largest absolute Gasteiger partial charge is 0.383 e. The topological polar surface area (TPSA) is 78.6 Å². The zero-order valence-electron chi connectivity index (χ0n) is 16.9. The lowest BCUT2D eigenvalue weighted by molar-refractivity contribution is -0.221. The summed E-state index contributed by atoms with van der Waals surface area (Å²) in [6.45, 7) is 5.00. The summed E-state index contributed by atoms with van der Waals surface area (Å²) in [5.74, 6) is -3.00. The first-order valence-corrected chi connectivity index (χ1v) is 10.1. The predicted octanol–water partition coefficient (Wildman–Crippen LogP) is 3.69. The van der Waals surface area contributed by atoms with E-state index < -0.39 is 47.6 Å². The van der Waals surface area contributed by atoms with Crippen molar-refractivity contribution in [3.8, 4) is 0 Å². The lowest BCUT2D eigenvalue weighted by Crippen LogP contribution is -2.45. The third kappa shape index (κ3) is 3.23. The smallest absolute Gasteiger partial charge is 0.164 e. The van der Waals surface area contributed by atoms with Gasteiger partial charge in [0.1, 0.15) is 41.0 Å². The molecular formula is C21H20ClF2N3O4. The molecule has 0 saturated carbocycles. The maximum atomic E-state index is 13.9. The van der Waals surface area contributed by atoms with Crippen LogP contribution in [0.15, 0.2) is 36.8 Å². The number of fused-ring (bicyclic) bond motifs is 2. The van der Waals surface area contributed by atoms with E-state index in [9.17, 15) is 13.9 Å². The lowest BCUT2D eigenvalue weighted by atomic mass is 9.86. The molecule has 2 aromatic heterocycles. The van der Waals surface area contributed by atoms with Crippen molar-refractivity contribution in [1.29, 1.82) is 0 Å². The highest BCUT2D eigenvalue weighted by atomic mass is 35.5. The number of aromatic nitrogens is 3. The van der Waals surface area contributed by atoms with Crippen molar-refractivity contribution in [3.05, 3.63) is 59.1 Å². The van der Waals surface area contributed by atoms with Crippen molar-refractivity contribution in [1.82, 2.24) is 14.5 Å². The van der Waals surface area contributed by atoms with Crippen molar-refractivity contribution >= 4 is 22.6 Å². The molecule has 0 spiro atoms. The van der Waals surface area contributed by atoms with Gasteiger partial charge in [-0.25, -0.2) is 18.7 Å². The maximum absolute atomic E-state index is 13.9. The first kappa shape index (κ1) is 20.7. The summed E-state index contributed by atoms with van der Waals surface area (Å²) in [4.78, 5) is 8.29. The van der Waals surface area contributed by atoms with Crippen molar-refractivity contribution in [3.63, 3.8) is 0 Å². The van der Waals surface area contributed by atoms with Gasteiger partial charge in [0, 0.05) is 6.20 Å². The Morgan fingerprint density at radius 3 is 2.61 bits per heavy atom. The van der Waals surface area contributed by atoms with E-state index in [2.05, 4.69) is 9.97 Å². The van der Waals surface area contributed by atoms with Gasteiger partial charge in [0.05, 0.1) is 5.39 Å². The fourth-order valence-corrected chi connectivity index (χ4v) is 4.56. The Labute approximate surface area is 181 Å². The Balaban J connectivity index is 1.58. The van der Waals surface area contributed by atoms with Gasteiger partial charge in [-0.3, -0.25) is 0 Å². The number of halogens is 3. The summed E-state index contributed by atoms with van der Waals surface area (Å²) in [6, 6.07) is 5.01. The van der Waals surface area contributed by atoms with Gasteiger partial charge in [0.15, 0.2) is 23.6 Å². The number of aliphatic hydroxyl groups is 1. The van der Waals surface area contributed by atoms with E-state index in [1.165, 1.54) is 19.3 Å². The molecule has 31 heavy (non-hydrogen) atoms. The van der Waals surface area contributed by atoms with Gasteiger partial charge in [-0.15, -0.1) is 0 Å². The molecule has 0 aliphatic carbocycles. The molecule has 5 rings (SSSR count). The van der Waals surface area contributed by atoms with Crippen LogP contribution >= 0.6 is 11.6 Å². The molecule has 2 fully saturated rings. The van der Waals surface area contributed by atoms with Crippen LogP contribution in [-0.2, 0) is 19.8 Å². The van der Waals surface area contributed by atoms with Gasteiger partial charge in [-0.05, 0) is 44.5 Å². The summed E-state index contributed by atoms with van der Waals surface area (Å²) in [5.41, 5.74) is -1.01. The number of hydrogen-bond donors (Lipinski definition) is 1. The second-order valence-corrected chi connectivity index (χ2v) is 8.77. The number of rotatable bonds is 3. The number of ether oxygens (including phenoxy) is 3. The Kier molecular flexibility index (Phi) is 4.62. The SMILES string of the molecule is CC1(C)O[C@@H]2[C@H](O1)[C@@H](C(C)(O)c1ccc(F)c(F)c1)O[C@H]2n1ccc2c(Cl)ncnc21. The van der Waals surface area contributed by atoms with E-state index in [0.717, 1.165) is 12.1 Å². The summed E-state index contributed by atoms with van der Waals surface area (Å²) in [6.07, 6.45) is 0.161. The van der Waals surface area contributed by atoms with Crippen LogP contribution in [0.2, 0.25) is 5.15 Å². The molecule has 7 nitrogen and oxygen atoms in total. The van der Waals surface area contributed by atoms with Crippen LogP contribution < -0.4 is 0 Å². The quantitative estimate of drug-likeness (QED) is 0.612. The van der Waals surface area contributed by atoms with Gasteiger partial charge >= 0.3 is 0 Å². The minimum absolute atomic E-state index is 0.159. The molecule has 0 amide bonds. The minimum Gasteiger partial charge on any atom is -0.383 e. The third-order valence-electron chi connectivity index (χ3n) is 5.82. The summed E-state index contributed by atoms with van der Waals surface area (Å²) in [7, 11) is 0. The standard InChI is InChI=1S/C21H20ClF2N3O4/c1-20(2)30-14-15(31-20)19(27-7-6-11-17(22)25-9-26-18(11)27)29-16(14)21(3,28)10-4-5-12(23)13(24)8-10/h4-9,14-16,19,28H,1-3H3/t14-,15+,16-,19+,21?/m0/s1. The highest BCUT2D eigenvalue weighted by Gasteiger charge is 2.60. The molecule has 164 valence electrons. The van der Waals surface area contributed by atoms with Crippen LogP contribution in [0.4, 0.5) is 8.78 Å². The number of nitrogens with zero attached hydrogens (tertiary/aromatic N) is 3. The van der Waals surface area contributed by atoms with E-state index in [0.29, 0.717) is 16.2 Å². The normalized spacial score (nSPS) is 29.3. The Hall–Kier alpha value is -2.17. The number of hydrogen-bond acceptors (Lipinski definition) is 6. The highest BCUT2D eigenvalue weighted by Crippen LogP contribution is 2.48. The van der Waals surface area contributed by atoms with E-state index in [1.54, 1.807) is 30.7 Å². The molecular weight excluding hydrogens is 432 g/mol. The van der Waals surface area contributed by atoms with Crippen molar-refractivity contribution in [2.45, 2.75) is 56.7 Å². The van der Waals surface area contributed by atoms with E-state index >= 15 is 0 Å². The van der Waals surface area contributed by atoms with Crippen LogP contribution in [0.25, 0.3) is 11.0 Å². The Bertz CT molecular complexity index is 1170. The highest BCUT2D eigenvalue weighted by molar-refractivity contribution is 6.33. The minimum atomic E-state index is -1.70. The van der Waals surface area contributed by atoms with Gasteiger partial charge < -0.3 is 23.9 Å². The molecule has 0 bridgehead atoms. The average molecular weight is 452 g/mol. The van der Waals surface area contributed by atoms with Crippen LogP contribution in [0.5, 0.6) is 0 Å². The molecule has 1 aromatic carbocycles. The Morgan fingerprint density at radius 2 is 1.87 bits per heavy atom. The summed E-state index contributed by atoms with van der Waals surface area (Å²) in [5, 5.41) is 12.3. The second-order valence-electron chi connectivity index (χ2n) is 8.41. The second kappa shape index (κ2) is 6.91. The van der Waals surface area contributed by atoms with Crippen LogP contribution in [-0.4, -0.2) is 43.7 Å². The molecule has 10 heteroatoms. The number of benzene rings is 1. The van der Waals surface area contributed by atoms with E-state index in [1.807, 2.05) is 0 Å². The maximum Gasteiger partial charge on any atom is 0.164 e. The van der Waals surface area contributed by atoms with Crippen molar-refractivity contribution < 1.29 is 28.1 Å². The summed E-state index contributed by atoms with van der Waals surface area (Å²) < 4.78 is 47.5. The van der Waals surface area contributed by atoms with Gasteiger partial charge in [-0.2, -0.15) is 0 Å². The first-order chi connectivity index (χ1) is 14.6. The Morgan fingerprint density at radius 1 is 1.13 bits per heavy atom. The van der Waals surface area contributed by atoms with Crippen LogP contribution in [0, 0.1) is 11.6 Å². The molecule has 2 saturated heterocycles. The molecule has 5 atom stereocenters. The van der Waals surface area contributed by atoms with Crippen LogP contribution in [0.1, 0.15) is 32.6 Å². The zero-order chi connectivity index (χ0) is 22.1. The molecule has 1 N–H and O–H groups in total. The van der Waals surface area contributed by atoms with Gasteiger partial charge in [-0.1, -0.05) is 17.7 Å². The molecule has 4 heterocycles. The van der Waals surface area contributed by atoms with Gasteiger partial charge in [0.2, 0.25) is 0 Å². The van der Waals surface area contributed by atoms with Crippen molar-refractivity contribution in [2.24, 2.45) is 0 Å². The van der Waals surface area contributed by atoms with E-state index in [4.69, 9.17) is 25.8 Å². The zero-order valence-corrected chi connectivity index (χ0v) is 17.7. The van der Waals surface area contributed by atoms with Gasteiger partial charge in [0.25, 0.3) is 0 Å². The predicted molar refractivity (Wildman–Crippen MR) is 106 cm³/mol. The van der Waals surface area contributed by atoms with E-state index in [-0.39, 0.29) is 5.56 Å². The monoisotopic (exact) mass is 451 g/mol. The molecule has 3 aromatic rings. The lowest BCUT2D eigenvalue weighted by Gasteiger charge is -2.34. The third-order valence-corrected chi connectivity index (χ3v) is 6.12. The molecule has 0 radical (unpaired) electrons. The first-order valence-electron chi connectivity index (χ1n) is 9.74. The summed E-state index contributed by atoms with van der Waals surface area (Å²) >= 11 is 6.18. The van der Waals surface area contributed by atoms with Crippen LogP contribution in [0.3, 0.4) is 0 Å².